The fourth-order valence-corrected chi connectivity index (χ4v) is 6.01. The SMILES string of the molecule is COc1ccc(S(=O)(=O)c2ccccc2)cc1S(=O)(=O)NCCCN1CCCC1. The van der Waals surface area contributed by atoms with Crippen LogP contribution in [0.4, 0.5) is 0 Å². The van der Waals surface area contributed by atoms with Crippen LogP contribution in [0.15, 0.2) is 63.2 Å². The lowest BCUT2D eigenvalue weighted by Crippen LogP contribution is -2.29. The molecule has 0 unspecified atom stereocenters. The van der Waals surface area contributed by atoms with Gasteiger partial charge in [0.2, 0.25) is 19.9 Å². The molecule has 9 heteroatoms. The lowest BCUT2D eigenvalue weighted by Gasteiger charge is -2.15. The molecule has 1 aliphatic heterocycles. The van der Waals surface area contributed by atoms with Crippen LogP contribution >= 0.6 is 0 Å². The van der Waals surface area contributed by atoms with Crippen LogP contribution in [0, 0.1) is 0 Å². The monoisotopic (exact) mass is 438 g/mol. The number of likely N-dealkylation sites (tertiary alicyclic amines) is 1. The summed E-state index contributed by atoms with van der Waals surface area (Å²) >= 11 is 0. The van der Waals surface area contributed by atoms with Crippen molar-refractivity contribution in [3.8, 4) is 5.75 Å². The number of nitrogens with one attached hydrogen (secondary N) is 1. The van der Waals surface area contributed by atoms with Gasteiger partial charge >= 0.3 is 0 Å². The molecule has 0 spiro atoms. The zero-order chi connectivity index (χ0) is 20.9. The molecule has 7 nitrogen and oxygen atoms in total. The van der Waals surface area contributed by atoms with Gasteiger partial charge in [0.25, 0.3) is 0 Å². The number of benzene rings is 2. The molecule has 0 saturated carbocycles. The first-order chi connectivity index (χ1) is 13.8. The van der Waals surface area contributed by atoms with Crippen molar-refractivity contribution in [1.29, 1.82) is 0 Å². The molecule has 1 saturated heterocycles. The standard InChI is InChI=1S/C20H26N2O5S2/c1-27-19-11-10-18(28(23,24)17-8-3-2-4-9-17)16-20(19)29(25,26)21-12-7-15-22-13-5-6-14-22/h2-4,8-11,16,21H,5-7,12-15H2,1H3. The van der Waals surface area contributed by atoms with Crippen LogP contribution in [-0.4, -0.2) is 55.0 Å². The predicted octanol–water partition coefficient (Wildman–Crippen LogP) is 2.29. The molecule has 2 aromatic rings. The Kier molecular flexibility index (Phi) is 6.94. The van der Waals surface area contributed by atoms with Crippen LogP contribution in [0.3, 0.4) is 0 Å². The first-order valence-corrected chi connectivity index (χ1v) is 12.5. The van der Waals surface area contributed by atoms with E-state index in [0.29, 0.717) is 6.42 Å². The third-order valence-corrected chi connectivity index (χ3v) is 8.18. The van der Waals surface area contributed by atoms with E-state index in [4.69, 9.17) is 4.74 Å². The van der Waals surface area contributed by atoms with Crippen molar-refractivity contribution in [2.45, 2.75) is 33.9 Å². The average Bonchev–Trinajstić information content (AvgIpc) is 3.25. The minimum atomic E-state index is -3.92. The third kappa shape index (κ3) is 5.16. The normalized spacial score (nSPS) is 15.5. The zero-order valence-corrected chi connectivity index (χ0v) is 18.0. The molecule has 0 aromatic heterocycles. The van der Waals surface area contributed by atoms with Crippen LogP contribution in [0.2, 0.25) is 0 Å². The van der Waals surface area contributed by atoms with Crippen molar-refractivity contribution in [3.63, 3.8) is 0 Å². The number of hydrogen-bond donors (Lipinski definition) is 1. The molecular formula is C20H26N2O5S2. The van der Waals surface area contributed by atoms with Crippen molar-refractivity contribution in [3.05, 3.63) is 48.5 Å². The smallest absolute Gasteiger partial charge is 0.244 e. The van der Waals surface area contributed by atoms with Gasteiger partial charge in [0.05, 0.1) is 16.9 Å². The molecule has 0 bridgehead atoms. The molecule has 1 N–H and O–H groups in total. The molecule has 2 aromatic carbocycles. The summed E-state index contributed by atoms with van der Waals surface area (Å²) in [5.41, 5.74) is 0. The molecule has 29 heavy (non-hydrogen) atoms. The minimum absolute atomic E-state index is 0.0954. The zero-order valence-electron chi connectivity index (χ0n) is 16.4. The van der Waals surface area contributed by atoms with E-state index in [-0.39, 0.29) is 27.0 Å². The van der Waals surface area contributed by atoms with Crippen LogP contribution in [0.1, 0.15) is 19.3 Å². The molecule has 0 atom stereocenters. The molecular weight excluding hydrogens is 412 g/mol. The van der Waals surface area contributed by atoms with Crippen molar-refractivity contribution in [1.82, 2.24) is 9.62 Å². The largest absolute Gasteiger partial charge is 0.495 e. The highest BCUT2D eigenvalue weighted by Crippen LogP contribution is 2.29. The number of sulfone groups is 1. The van der Waals surface area contributed by atoms with Gasteiger partial charge in [0.15, 0.2) is 0 Å². The van der Waals surface area contributed by atoms with E-state index in [2.05, 4.69) is 9.62 Å². The van der Waals surface area contributed by atoms with Crippen molar-refractivity contribution >= 4 is 19.9 Å². The Labute approximate surface area is 172 Å². The van der Waals surface area contributed by atoms with Gasteiger partial charge in [-0.1, -0.05) is 18.2 Å². The highest BCUT2D eigenvalue weighted by atomic mass is 32.2. The Morgan fingerprint density at radius 1 is 0.966 bits per heavy atom. The maximum absolute atomic E-state index is 12.9. The highest BCUT2D eigenvalue weighted by Gasteiger charge is 2.25. The van der Waals surface area contributed by atoms with E-state index < -0.39 is 19.9 Å². The molecule has 158 valence electrons. The van der Waals surface area contributed by atoms with Crippen molar-refractivity contribution in [2.24, 2.45) is 0 Å². The van der Waals surface area contributed by atoms with E-state index in [1.54, 1.807) is 18.2 Å². The number of hydrogen-bond acceptors (Lipinski definition) is 6. The van der Waals surface area contributed by atoms with E-state index >= 15 is 0 Å². The second-order valence-electron chi connectivity index (χ2n) is 6.93. The quantitative estimate of drug-likeness (QED) is 0.604. The first-order valence-electron chi connectivity index (χ1n) is 9.55. The summed E-state index contributed by atoms with van der Waals surface area (Å²) < 4.78 is 59.1. The van der Waals surface area contributed by atoms with E-state index in [1.807, 2.05) is 0 Å². The maximum Gasteiger partial charge on any atom is 0.244 e. The lowest BCUT2D eigenvalue weighted by molar-refractivity contribution is 0.334. The van der Waals surface area contributed by atoms with E-state index in [9.17, 15) is 16.8 Å². The molecule has 0 amide bonds. The maximum atomic E-state index is 12.9. The Morgan fingerprint density at radius 3 is 2.31 bits per heavy atom. The second kappa shape index (κ2) is 9.25. The number of rotatable bonds is 9. The summed E-state index contributed by atoms with van der Waals surface area (Å²) in [5, 5.41) is 0. The third-order valence-electron chi connectivity index (χ3n) is 4.93. The van der Waals surface area contributed by atoms with E-state index in [0.717, 1.165) is 25.7 Å². The Balaban J connectivity index is 1.80. The van der Waals surface area contributed by atoms with Crippen LogP contribution < -0.4 is 9.46 Å². The number of sulfonamides is 1. The van der Waals surface area contributed by atoms with E-state index in [1.165, 1.54) is 44.2 Å². The fraction of sp³-hybridized carbons (Fsp3) is 0.400. The van der Waals surface area contributed by atoms with Gasteiger partial charge in [-0.25, -0.2) is 21.6 Å². The Morgan fingerprint density at radius 2 is 1.66 bits per heavy atom. The molecule has 1 heterocycles. The van der Waals surface area contributed by atoms with Gasteiger partial charge in [0.1, 0.15) is 10.6 Å². The van der Waals surface area contributed by atoms with Crippen LogP contribution in [0.25, 0.3) is 0 Å². The summed E-state index contributed by atoms with van der Waals surface area (Å²) in [6, 6.07) is 11.8. The lowest BCUT2D eigenvalue weighted by atomic mass is 10.3. The molecule has 3 rings (SSSR count). The van der Waals surface area contributed by atoms with Gasteiger partial charge in [-0.2, -0.15) is 0 Å². The summed E-state index contributed by atoms with van der Waals surface area (Å²) in [6.45, 7) is 3.22. The van der Waals surface area contributed by atoms with Gasteiger partial charge in [-0.15, -0.1) is 0 Å². The predicted molar refractivity (Wildman–Crippen MR) is 110 cm³/mol. The van der Waals surface area contributed by atoms with Gasteiger partial charge in [0, 0.05) is 6.54 Å². The summed E-state index contributed by atoms with van der Waals surface area (Å²) in [5.74, 6) is 0.101. The summed E-state index contributed by atoms with van der Waals surface area (Å²) in [7, 11) is -6.40. The van der Waals surface area contributed by atoms with Crippen molar-refractivity contribution in [2.75, 3.05) is 33.3 Å². The molecule has 1 aliphatic rings. The van der Waals surface area contributed by atoms with Gasteiger partial charge in [-0.05, 0) is 69.2 Å². The minimum Gasteiger partial charge on any atom is -0.495 e. The van der Waals surface area contributed by atoms with Gasteiger partial charge < -0.3 is 9.64 Å². The van der Waals surface area contributed by atoms with Crippen LogP contribution in [0.5, 0.6) is 5.75 Å². The fourth-order valence-electron chi connectivity index (χ4n) is 3.36. The van der Waals surface area contributed by atoms with Crippen LogP contribution in [-0.2, 0) is 19.9 Å². The highest BCUT2D eigenvalue weighted by molar-refractivity contribution is 7.91. The Bertz CT molecular complexity index is 1030. The number of methoxy groups -OCH3 is 1. The summed E-state index contributed by atoms with van der Waals surface area (Å²) in [4.78, 5) is 2.13. The summed E-state index contributed by atoms with van der Waals surface area (Å²) in [6.07, 6.45) is 3.06. The number of nitrogens with zero attached hydrogens (tertiary/aromatic N) is 1. The molecule has 1 fully saturated rings. The average molecular weight is 439 g/mol. The van der Waals surface area contributed by atoms with Crippen molar-refractivity contribution < 1.29 is 21.6 Å². The van der Waals surface area contributed by atoms with Gasteiger partial charge in [-0.3, -0.25) is 0 Å². The first kappa shape index (κ1) is 21.8. The molecule has 0 aliphatic carbocycles. The topological polar surface area (TPSA) is 92.8 Å². The number of ether oxygens (including phenoxy) is 1. The molecule has 0 radical (unpaired) electrons. The second-order valence-corrected chi connectivity index (χ2v) is 10.6. The Hall–Kier alpha value is -1.94.